The van der Waals surface area contributed by atoms with Gasteiger partial charge in [0.2, 0.25) is 0 Å². The van der Waals surface area contributed by atoms with E-state index in [0.717, 1.165) is 27.8 Å². The third-order valence-corrected chi connectivity index (χ3v) is 5.15. The van der Waals surface area contributed by atoms with Crippen LogP contribution in [0.15, 0.2) is 46.8 Å². The lowest BCUT2D eigenvalue weighted by Crippen LogP contribution is -2.01. The van der Waals surface area contributed by atoms with E-state index >= 15 is 0 Å². The highest BCUT2D eigenvalue weighted by Gasteiger charge is 2.17. The molecule has 0 spiro atoms. The van der Waals surface area contributed by atoms with Gasteiger partial charge in [0.25, 0.3) is 0 Å². The quantitative estimate of drug-likeness (QED) is 0.443. The molecule has 1 aromatic heterocycles. The topological polar surface area (TPSA) is 82.5 Å². The molecule has 3 N–H and O–H groups in total. The maximum Gasteiger partial charge on any atom is 0.338 e. The van der Waals surface area contributed by atoms with E-state index in [1.807, 2.05) is 0 Å². The number of carboxylic acid groups (broad SMARTS) is 1. The average molecular weight is 380 g/mol. The summed E-state index contributed by atoms with van der Waals surface area (Å²) in [6, 6.07) is 8.25. The Balaban J connectivity index is 1.73. The summed E-state index contributed by atoms with van der Waals surface area (Å²) in [5, 5.41) is 19.2. The molecule has 0 saturated heterocycles. The Morgan fingerprint density at radius 3 is 2.56 bits per heavy atom. The third-order valence-electron chi connectivity index (χ3n) is 3.18. The van der Waals surface area contributed by atoms with E-state index in [2.05, 4.69) is 9.71 Å². The number of anilines is 1. The van der Waals surface area contributed by atoms with E-state index < -0.39 is 23.1 Å². The highest BCUT2D eigenvalue weighted by molar-refractivity contribution is 8.02. The molecule has 2 aromatic carbocycles. The summed E-state index contributed by atoms with van der Waals surface area (Å²) in [5.74, 6) is -3.76. The minimum Gasteiger partial charge on any atom is -0.503 e. The van der Waals surface area contributed by atoms with Gasteiger partial charge in [-0.15, -0.1) is 11.3 Å². The van der Waals surface area contributed by atoms with E-state index in [4.69, 9.17) is 5.11 Å². The molecule has 3 aromatic rings. The first-order valence-electron chi connectivity index (χ1n) is 6.85. The maximum atomic E-state index is 13.8. The van der Waals surface area contributed by atoms with Crippen LogP contribution in [0.2, 0.25) is 0 Å². The van der Waals surface area contributed by atoms with Crippen molar-refractivity contribution in [3.8, 4) is 16.3 Å². The fourth-order valence-corrected chi connectivity index (χ4v) is 3.61. The predicted octanol–water partition coefficient (Wildman–Crippen LogP) is 4.61. The lowest BCUT2D eigenvalue weighted by Gasteiger charge is -2.08. The minimum atomic E-state index is -1.46. The van der Waals surface area contributed by atoms with Crippen LogP contribution in [0, 0.1) is 11.6 Å². The number of carbonyl (C=O) groups is 1. The zero-order chi connectivity index (χ0) is 18.0. The number of phenolic OH excluding ortho intramolecular Hbond substituents is 1. The normalized spacial score (nSPS) is 10.6. The first-order valence-corrected chi connectivity index (χ1v) is 8.48. The molecule has 0 saturated carbocycles. The number of aromatic hydroxyl groups is 1. The molecule has 128 valence electrons. The van der Waals surface area contributed by atoms with Crippen molar-refractivity contribution in [2.24, 2.45) is 0 Å². The molecule has 0 bridgehead atoms. The second-order valence-corrected chi connectivity index (χ2v) is 6.96. The molecule has 0 amide bonds. The number of halogens is 2. The van der Waals surface area contributed by atoms with Crippen molar-refractivity contribution >= 4 is 34.9 Å². The zero-order valence-corrected chi connectivity index (χ0v) is 14.0. The molecule has 3 rings (SSSR count). The van der Waals surface area contributed by atoms with Crippen LogP contribution in [0.3, 0.4) is 0 Å². The number of rotatable bonds is 5. The molecule has 0 aliphatic rings. The van der Waals surface area contributed by atoms with Crippen LogP contribution < -0.4 is 4.72 Å². The summed E-state index contributed by atoms with van der Waals surface area (Å²) in [6.45, 7) is 0. The molecule has 5 nitrogen and oxygen atoms in total. The predicted molar refractivity (Wildman–Crippen MR) is 92.0 cm³/mol. The van der Waals surface area contributed by atoms with Crippen LogP contribution in [-0.4, -0.2) is 21.2 Å². The third kappa shape index (κ3) is 3.72. The van der Waals surface area contributed by atoms with Crippen LogP contribution in [0.25, 0.3) is 10.6 Å². The van der Waals surface area contributed by atoms with Crippen molar-refractivity contribution in [2.45, 2.75) is 4.21 Å². The first kappa shape index (κ1) is 17.2. The number of thiazole rings is 1. The van der Waals surface area contributed by atoms with Crippen molar-refractivity contribution in [1.82, 2.24) is 4.98 Å². The Bertz CT molecular complexity index is 930. The Kier molecular flexibility index (Phi) is 4.86. The van der Waals surface area contributed by atoms with Gasteiger partial charge in [-0.25, -0.2) is 18.6 Å². The van der Waals surface area contributed by atoms with E-state index in [1.54, 1.807) is 18.3 Å². The molecular formula is C16H10F2N2O3S2. The smallest absolute Gasteiger partial charge is 0.338 e. The summed E-state index contributed by atoms with van der Waals surface area (Å²) in [4.78, 5) is 15.0. The summed E-state index contributed by atoms with van der Waals surface area (Å²) in [7, 11) is 0. The van der Waals surface area contributed by atoms with Crippen molar-refractivity contribution in [3.63, 3.8) is 0 Å². The lowest BCUT2D eigenvalue weighted by atomic mass is 10.2. The first-order chi connectivity index (χ1) is 12.0. The van der Waals surface area contributed by atoms with Gasteiger partial charge in [0.1, 0.15) is 15.0 Å². The Morgan fingerprint density at radius 2 is 1.88 bits per heavy atom. The Labute approximate surface area is 149 Å². The number of hydrogen-bond acceptors (Lipinski definition) is 6. The molecule has 0 atom stereocenters. The number of benzene rings is 2. The largest absolute Gasteiger partial charge is 0.503 e. The number of phenols is 1. The maximum absolute atomic E-state index is 13.8. The summed E-state index contributed by atoms with van der Waals surface area (Å²) in [5.41, 5.74) is 0.201. The van der Waals surface area contributed by atoms with Gasteiger partial charge in [0.15, 0.2) is 11.6 Å². The fraction of sp³-hybridized carbons (Fsp3) is 0. The van der Waals surface area contributed by atoms with E-state index in [9.17, 15) is 18.7 Å². The van der Waals surface area contributed by atoms with Crippen LogP contribution in [0.4, 0.5) is 14.5 Å². The number of aromatic nitrogens is 1. The number of aromatic carboxylic acids is 1. The second kappa shape index (κ2) is 7.08. The molecule has 0 fully saturated rings. The molecule has 25 heavy (non-hydrogen) atoms. The molecule has 0 aliphatic carbocycles. The molecule has 0 unspecified atom stereocenters. The van der Waals surface area contributed by atoms with Crippen molar-refractivity contribution in [1.29, 1.82) is 0 Å². The van der Waals surface area contributed by atoms with Gasteiger partial charge in [-0.05, 0) is 48.3 Å². The summed E-state index contributed by atoms with van der Waals surface area (Å²) >= 11 is 2.41. The minimum absolute atomic E-state index is 0.0456. The second-order valence-electron chi connectivity index (χ2n) is 4.82. The number of nitrogens with zero attached hydrogens (tertiary/aromatic N) is 1. The monoisotopic (exact) mass is 380 g/mol. The highest BCUT2D eigenvalue weighted by atomic mass is 32.2. The number of nitrogens with one attached hydrogen (secondary N) is 1. The average Bonchev–Trinajstić information content (AvgIpc) is 3.05. The van der Waals surface area contributed by atoms with E-state index in [0.29, 0.717) is 5.01 Å². The van der Waals surface area contributed by atoms with E-state index in [1.165, 1.54) is 29.5 Å². The molecule has 9 heteroatoms. The highest BCUT2D eigenvalue weighted by Crippen LogP contribution is 2.35. The summed E-state index contributed by atoms with van der Waals surface area (Å²) in [6.07, 6.45) is 1.58. The number of carboxylic acids is 1. The van der Waals surface area contributed by atoms with Gasteiger partial charge >= 0.3 is 5.97 Å². The van der Waals surface area contributed by atoms with Crippen molar-refractivity contribution in [2.75, 3.05) is 4.72 Å². The Morgan fingerprint density at radius 1 is 1.16 bits per heavy atom. The van der Waals surface area contributed by atoms with Crippen molar-refractivity contribution < 1.29 is 23.8 Å². The standard InChI is InChI=1S/C16H10F2N2O3S2/c17-9-3-1-8(2-4-9)15-19-7-12(24-15)25-20-11-6-5-10(16(22)23)13(18)14(11)21/h1-7,20-21H,(H,22,23). The lowest BCUT2D eigenvalue weighted by molar-refractivity contribution is 0.0691. The van der Waals surface area contributed by atoms with Gasteiger partial charge < -0.3 is 14.9 Å². The van der Waals surface area contributed by atoms with Crippen LogP contribution in [0.1, 0.15) is 10.4 Å². The van der Waals surface area contributed by atoms with Crippen LogP contribution in [0.5, 0.6) is 5.75 Å². The molecular weight excluding hydrogens is 370 g/mol. The molecule has 1 heterocycles. The number of hydrogen-bond donors (Lipinski definition) is 3. The van der Waals surface area contributed by atoms with Crippen LogP contribution >= 0.6 is 23.3 Å². The van der Waals surface area contributed by atoms with Gasteiger partial charge in [0.05, 0.1) is 17.4 Å². The van der Waals surface area contributed by atoms with E-state index in [-0.39, 0.29) is 11.5 Å². The van der Waals surface area contributed by atoms with Gasteiger partial charge in [-0.1, -0.05) is 0 Å². The van der Waals surface area contributed by atoms with Crippen molar-refractivity contribution in [3.05, 3.63) is 59.8 Å². The molecule has 0 aliphatic heterocycles. The van der Waals surface area contributed by atoms with Gasteiger partial charge in [-0.3, -0.25) is 0 Å². The fourth-order valence-electron chi connectivity index (χ4n) is 1.95. The summed E-state index contributed by atoms with van der Waals surface area (Å²) < 4.78 is 30.2. The van der Waals surface area contributed by atoms with Crippen LogP contribution in [-0.2, 0) is 0 Å². The van der Waals surface area contributed by atoms with Gasteiger partial charge in [0, 0.05) is 5.56 Å². The molecule has 0 radical (unpaired) electrons. The van der Waals surface area contributed by atoms with Gasteiger partial charge in [-0.2, -0.15) is 0 Å². The SMILES string of the molecule is O=C(O)c1ccc(NSc2cnc(-c3ccc(F)cc3)s2)c(O)c1F. The zero-order valence-electron chi connectivity index (χ0n) is 12.4. The Hall–Kier alpha value is -2.65.